The molecule has 0 bridgehead atoms. The maximum atomic E-state index is 12.0. The van der Waals surface area contributed by atoms with Crippen LogP contribution in [0.25, 0.3) is 0 Å². The maximum Gasteiger partial charge on any atom is 0.226 e. The molecule has 0 unspecified atom stereocenters. The van der Waals surface area contributed by atoms with Gasteiger partial charge in [0.2, 0.25) is 5.91 Å². The minimum atomic E-state index is -0.0764. The Balaban J connectivity index is 2.01. The number of nitrogens with one attached hydrogen (secondary N) is 2. The monoisotopic (exact) mass is 343 g/mol. The molecule has 7 heteroatoms. The number of hydrogen-bond acceptors (Lipinski definition) is 6. The number of nitrogens with zero attached hydrogens (tertiary/aromatic N) is 1. The number of hydrogen-bond donors (Lipinski definition) is 2. The molecule has 2 N–H and O–H groups in total. The highest BCUT2D eigenvalue weighted by molar-refractivity contribution is 7.16. The zero-order chi connectivity index (χ0) is 17.1. The van der Waals surface area contributed by atoms with Crippen molar-refractivity contribution in [1.82, 2.24) is 4.98 Å². The molecule has 0 radical (unpaired) electrons. The number of carbonyl (C=O) groups is 1. The molecule has 2 aromatic rings. The van der Waals surface area contributed by atoms with Crippen molar-refractivity contribution in [3.63, 3.8) is 0 Å². The van der Waals surface area contributed by atoms with Crippen LogP contribution in [0.4, 0.5) is 10.9 Å². The van der Waals surface area contributed by atoms with E-state index in [0.717, 1.165) is 15.6 Å². The summed E-state index contributed by atoms with van der Waals surface area (Å²) >= 11 is 1.53. The fraction of sp³-hybridized carbons (Fsp3) is 0.294. The van der Waals surface area contributed by atoms with Gasteiger partial charge in [-0.25, -0.2) is 4.98 Å². The molecule has 1 amide bonds. The summed E-state index contributed by atoms with van der Waals surface area (Å²) in [6.45, 7) is 0.153. The molecule has 1 aromatic heterocycles. The molecule has 1 atom stereocenters. The zero-order valence-electron chi connectivity index (χ0n) is 13.4. The van der Waals surface area contributed by atoms with Gasteiger partial charge in [0.15, 0.2) is 16.6 Å². The summed E-state index contributed by atoms with van der Waals surface area (Å²) < 4.78 is 10.9. The first-order valence-electron chi connectivity index (χ1n) is 7.38. The van der Waals surface area contributed by atoms with Gasteiger partial charge in [-0.05, 0) is 17.7 Å². The molecular weight excluding hydrogens is 326 g/mol. The van der Waals surface area contributed by atoms with Crippen molar-refractivity contribution >= 4 is 28.2 Å². The summed E-state index contributed by atoms with van der Waals surface area (Å²) in [7, 11) is 3.38. The lowest BCUT2D eigenvalue weighted by molar-refractivity contribution is -0.116. The van der Waals surface area contributed by atoms with E-state index < -0.39 is 0 Å². The molecule has 1 aliphatic heterocycles. The predicted octanol–water partition coefficient (Wildman–Crippen LogP) is 2.68. The number of methoxy groups -OCH3 is 1. The molecule has 6 nitrogen and oxygen atoms in total. The molecule has 24 heavy (non-hydrogen) atoms. The first-order valence-corrected chi connectivity index (χ1v) is 8.20. The van der Waals surface area contributed by atoms with Crippen LogP contribution in [-0.2, 0) is 4.79 Å². The van der Waals surface area contributed by atoms with Crippen molar-refractivity contribution in [3.8, 4) is 23.8 Å². The van der Waals surface area contributed by atoms with Gasteiger partial charge in [-0.2, -0.15) is 0 Å². The Hall–Kier alpha value is -2.72. The number of carbonyl (C=O) groups excluding carboxylic acids is 1. The minimum Gasteiger partial charge on any atom is -0.493 e. The normalized spacial score (nSPS) is 15.9. The van der Waals surface area contributed by atoms with Gasteiger partial charge in [-0.1, -0.05) is 23.3 Å². The average molecular weight is 343 g/mol. The SMILES string of the molecule is C#CCOc1cc([C@H]2CC(=O)Nc3nc(NC)sc32)ccc1OC. The van der Waals surface area contributed by atoms with Crippen molar-refractivity contribution in [2.75, 3.05) is 31.4 Å². The summed E-state index contributed by atoms with van der Waals surface area (Å²) in [6, 6.07) is 5.64. The molecule has 2 heterocycles. The zero-order valence-corrected chi connectivity index (χ0v) is 14.2. The van der Waals surface area contributed by atoms with E-state index >= 15 is 0 Å². The van der Waals surface area contributed by atoms with E-state index in [0.29, 0.717) is 23.7 Å². The highest BCUT2D eigenvalue weighted by Crippen LogP contribution is 2.43. The third-order valence-electron chi connectivity index (χ3n) is 3.73. The Kier molecular flexibility index (Phi) is 4.58. The van der Waals surface area contributed by atoms with E-state index in [2.05, 4.69) is 21.5 Å². The molecule has 124 valence electrons. The second-order valence-corrected chi connectivity index (χ2v) is 6.22. The van der Waals surface area contributed by atoms with Gasteiger partial charge < -0.3 is 20.1 Å². The standard InChI is InChI=1S/C17H17N3O3S/c1-4-7-23-13-8-10(5-6-12(13)22-3)11-9-14(21)19-16-15(11)24-17(18-2)20-16/h1,5-6,8,11H,7,9H2,2-3H3,(H,18,20)(H,19,21)/t11-/m1/s1. The number of rotatable bonds is 5. The van der Waals surface area contributed by atoms with Gasteiger partial charge in [0, 0.05) is 19.4 Å². The Bertz CT molecular complexity index is 810. The van der Waals surface area contributed by atoms with Crippen molar-refractivity contribution in [3.05, 3.63) is 28.6 Å². The van der Waals surface area contributed by atoms with Crippen molar-refractivity contribution < 1.29 is 14.3 Å². The Morgan fingerprint density at radius 3 is 3.04 bits per heavy atom. The summed E-state index contributed by atoms with van der Waals surface area (Å²) in [6.07, 6.45) is 5.63. The Morgan fingerprint density at radius 1 is 1.50 bits per heavy atom. The van der Waals surface area contributed by atoms with Crippen LogP contribution in [0.1, 0.15) is 22.8 Å². The molecule has 0 spiro atoms. The largest absolute Gasteiger partial charge is 0.493 e. The summed E-state index contributed by atoms with van der Waals surface area (Å²) in [5.41, 5.74) is 0.963. The third kappa shape index (κ3) is 3.01. The second kappa shape index (κ2) is 6.81. The topological polar surface area (TPSA) is 72.5 Å². The smallest absolute Gasteiger partial charge is 0.226 e. The lowest BCUT2D eigenvalue weighted by Gasteiger charge is -2.22. The highest BCUT2D eigenvalue weighted by atomic mass is 32.1. The van der Waals surface area contributed by atoms with Crippen molar-refractivity contribution in [1.29, 1.82) is 0 Å². The van der Waals surface area contributed by atoms with E-state index in [1.165, 1.54) is 11.3 Å². The first-order chi connectivity index (χ1) is 11.7. The van der Waals surface area contributed by atoms with E-state index in [9.17, 15) is 4.79 Å². The van der Waals surface area contributed by atoms with Gasteiger partial charge in [0.25, 0.3) is 0 Å². The van der Waals surface area contributed by atoms with Crippen LogP contribution >= 0.6 is 11.3 Å². The van der Waals surface area contributed by atoms with Crippen LogP contribution in [0, 0.1) is 12.3 Å². The summed E-state index contributed by atoms with van der Waals surface area (Å²) in [5, 5.41) is 6.61. The van der Waals surface area contributed by atoms with E-state index in [1.54, 1.807) is 14.2 Å². The van der Waals surface area contributed by atoms with Crippen LogP contribution < -0.4 is 20.1 Å². The Labute approximate surface area is 144 Å². The molecule has 1 aliphatic rings. The second-order valence-electron chi connectivity index (χ2n) is 5.19. The van der Waals surface area contributed by atoms with E-state index in [1.807, 2.05) is 18.2 Å². The molecule has 0 saturated heterocycles. The van der Waals surface area contributed by atoms with E-state index in [4.69, 9.17) is 15.9 Å². The quantitative estimate of drug-likeness (QED) is 0.817. The fourth-order valence-corrected chi connectivity index (χ4v) is 3.64. The average Bonchev–Trinajstić information content (AvgIpc) is 3.01. The third-order valence-corrected chi connectivity index (χ3v) is 4.92. The lowest BCUT2D eigenvalue weighted by Crippen LogP contribution is -2.22. The van der Waals surface area contributed by atoms with Gasteiger partial charge in [0.1, 0.15) is 12.4 Å². The number of benzene rings is 1. The number of amides is 1. The molecule has 0 saturated carbocycles. The van der Waals surface area contributed by atoms with Crippen LogP contribution in [-0.4, -0.2) is 31.7 Å². The number of ether oxygens (including phenoxy) is 2. The number of thiazole rings is 1. The van der Waals surface area contributed by atoms with Crippen LogP contribution in [0.2, 0.25) is 0 Å². The van der Waals surface area contributed by atoms with Gasteiger partial charge in [0.05, 0.1) is 12.0 Å². The van der Waals surface area contributed by atoms with Crippen LogP contribution in [0.15, 0.2) is 18.2 Å². The first kappa shape index (κ1) is 16.1. The van der Waals surface area contributed by atoms with Crippen LogP contribution in [0.3, 0.4) is 0 Å². The lowest BCUT2D eigenvalue weighted by atomic mass is 9.91. The van der Waals surface area contributed by atoms with Crippen LogP contribution in [0.5, 0.6) is 11.5 Å². The predicted molar refractivity (Wildman–Crippen MR) is 94.1 cm³/mol. The van der Waals surface area contributed by atoms with E-state index in [-0.39, 0.29) is 18.4 Å². The molecular formula is C17H17N3O3S. The molecule has 1 aromatic carbocycles. The van der Waals surface area contributed by atoms with Crippen molar-refractivity contribution in [2.45, 2.75) is 12.3 Å². The molecule has 3 rings (SSSR count). The van der Waals surface area contributed by atoms with Gasteiger partial charge >= 0.3 is 0 Å². The number of anilines is 2. The minimum absolute atomic E-state index is 0.0534. The molecule has 0 aliphatic carbocycles. The van der Waals surface area contributed by atoms with Crippen molar-refractivity contribution in [2.24, 2.45) is 0 Å². The molecule has 0 fully saturated rings. The fourth-order valence-electron chi connectivity index (χ4n) is 2.64. The van der Waals surface area contributed by atoms with Gasteiger partial charge in [-0.15, -0.1) is 6.42 Å². The Morgan fingerprint density at radius 2 is 2.33 bits per heavy atom. The summed E-state index contributed by atoms with van der Waals surface area (Å²) in [5.74, 6) is 4.10. The summed E-state index contributed by atoms with van der Waals surface area (Å²) in [4.78, 5) is 17.5. The van der Waals surface area contributed by atoms with Gasteiger partial charge in [-0.3, -0.25) is 4.79 Å². The number of fused-ring (bicyclic) bond motifs is 1. The number of terminal acetylenes is 1. The number of aromatic nitrogens is 1. The highest BCUT2D eigenvalue weighted by Gasteiger charge is 2.30. The maximum absolute atomic E-state index is 12.0.